The Morgan fingerprint density at radius 2 is 2.27 bits per heavy atom. The molecular weight excluding hydrogens is 192 g/mol. The number of unbranched alkanes of at least 4 members (excludes halogenated alkanes) is 1. The lowest BCUT2D eigenvalue weighted by molar-refractivity contribution is 0.0696. The van der Waals surface area contributed by atoms with Crippen LogP contribution in [0.3, 0.4) is 0 Å². The molecule has 4 nitrogen and oxygen atoms in total. The zero-order valence-electron chi connectivity index (χ0n) is 9.08. The van der Waals surface area contributed by atoms with Gasteiger partial charge in [-0.25, -0.2) is 9.78 Å². The van der Waals surface area contributed by atoms with Crippen LogP contribution in [0.5, 0.6) is 0 Å². The molecule has 1 aromatic rings. The van der Waals surface area contributed by atoms with Gasteiger partial charge in [0.25, 0.3) is 0 Å². The highest BCUT2D eigenvalue weighted by molar-refractivity contribution is 5.88. The summed E-state index contributed by atoms with van der Waals surface area (Å²) in [4.78, 5) is 15.0. The third-order valence-electron chi connectivity index (χ3n) is 2.04. The molecule has 0 amide bonds. The first kappa shape index (κ1) is 11.5. The second-order valence-electron chi connectivity index (χ2n) is 3.47. The molecule has 15 heavy (non-hydrogen) atoms. The molecule has 0 aliphatic heterocycles. The van der Waals surface area contributed by atoms with E-state index in [9.17, 15) is 4.79 Å². The Morgan fingerprint density at radius 1 is 1.53 bits per heavy atom. The number of anilines is 1. The second kappa shape index (κ2) is 5.34. The molecule has 0 saturated carbocycles. The first-order chi connectivity index (χ1) is 7.13. The first-order valence-corrected chi connectivity index (χ1v) is 5.09. The zero-order chi connectivity index (χ0) is 11.3. The predicted octanol–water partition coefficient (Wildman–Crippen LogP) is 2.30. The number of pyridine rings is 1. The minimum Gasteiger partial charge on any atom is -0.478 e. The number of hydrogen-bond acceptors (Lipinski definition) is 3. The van der Waals surface area contributed by atoms with Crippen molar-refractivity contribution in [3.8, 4) is 0 Å². The lowest BCUT2D eigenvalue weighted by atomic mass is 10.2. The van der Waals surface area contributed by atoms with Gasteiger partial charge in [0.1, 0.15) is 5.82 Å². The number of hydrogen-bond donors (Lipinski definition) is 2. The Bertz CT molecular complexity index is 350. The van der Waals surface area contributed by atoms with E-state index in [1.807, 2.05) is 0 Å². The van der Waals surface area contributed by atoms with Crippen molar-refractivity contribution in [1.29, 1.82) is 0 Å². The number of carbonyl (C=O) groups is 1. The van der Waals surface area contributed by atoms with Crippen molar-refractivity contribution in [2.45, 2.75) is 26.7 Å². The molecule has 1 rings (SSSR count). The summed E-state index contributed by atoms with van der Waals surface area (Å²) in [5.41, 5.74) is 0.996. The highest BCUT2D eigenvalue weighted by Gasteiger charge is 2.05. The van der Waals surface area contributed by atoms with E-state index in [4.69, 9.17) is 5.11 Å². The van der Waals surface area contributed by atoms with Crippen molar-refractivity contribution in [1.82, 2.24) is 4.98 Å². The molecule has 82 valence electrons. The molecule has 4 heteroatoms. The highest BCUT2D eigenvalue weighted by Crippen LogP contribution is 2.10. The van der Waals surface area contributed by atoms with Crippen LogP contribution in [0.4, 0.5) is 5.82 Å². The molecule has 0 aromatic carbocycles. The van der Waals surface area contributed by atoms with Gasteiger partial charge in [0.15, 0.2) is 0 Å². The maximum Gasteiger partial charge on any atom is 0.335 e. The van der Waals surface area contributed by atoms with Crippen LogP contribution >= 0.6 is 0 Å². The SMILES string of the molecule is CCCCNc1cc(C(=O)O)cc(C)n1. The Morgan fingerprint density at radius 3 is 2.87 bits per heavy atom. The zero-order valence-corrected chi connectivity index (χ0v) is 9.08. The highest BCUT2D eigenvalue weighted by atomic mass is 16.4. The minimum absolute atomic E-state index is 0.279. The molecule has 0 aliphatic rings. The number of aryl methyl sites for hydroxylation is 1. The van der Waals surface area contributed by atoms with Crippen LogP contribution in [0, 0.1) is 6.92 Å². The van der Waals surface area contributed by atoms with Crippen LogP contribution in [0.15, 0.2) is 12.1 Å². The largest absolute Gasteiger partial charge is 0.478 e. The van der Waals surface area contributed by atoms with E-state index in [-0.39, 0.29) is 5.56 Å². The Kier molecular flexibility index (Phi) is 4.09. The smallest absolute Gasteiger partial charge is 0.335 e. The summed E-state index contributed by atoms with van der Waals surface area (Å²) in [7, 11) is 0. The lowest BCUT2D eigenvalue weighted by Gasteiger charge is -2.06. The van der Waals surface area contributed by atoms with E-state index in [1.54, 1.807) is 19.1 Å². The Balaban J connectivity index is 2.75. The van der Waals surface area contributed by atoms with Crippen LogP contribution < -0.4 is 5.32 Å². The molecule has 0 spiro atoms. The Hall–Kier alpha value is -1.58. The monoisotopic (exact) mass is 208 g/mol. The minimum atomic E-state index is -0.918. The summed E-state index contributed by atoms with van der Waals surface area (Å²) in [5.74, 6) is -0.278. The standard InChI is InChI=1S/C11H16N2O2/c1-3-4-5-12-10-7-9(11(14)15)6-8(2)13-10/h6-7H,3-5H2,1-2H3,(H,12,13)(H,14,15). The number of carboxylic acids is 1. The van der Waals surface area contributed by atoms with Gasteiger partial charge in [-0.15, -0.1) is 0 Å². The number of nitrogens with zero attached hydrogens (tertiary/aromatic N) is 1. The molecule has 0 radical (unpaired) electrons. The molecule has 0 fully saturated rings. The summed E-state index contributed by atoms with van der Waals surface area (Å²) in [5, 5.41) is 12.0. The van der Waals surface area contributed by atoms with E-state index in [1.165, 1.54) is 0 Å². The van der Waals surface area contributed by atoms with Crippen LogP contribution in [0.25, 0.3) is 0 Å². The number of nitrogens with one attached hydrogen (secondary N) is 1. The summed E-state index contributed by atoms with van der Waals surface area (Å²) < 4.78 is 0. The van der Waals surface area contributed by atoms with E-state index >= 15 is 0 Å². The van der Waals surface area contributed by atoms with E-state index in [0.29, 0.717) is 11.5 Å². The molecule has 0 atom stereocenters. The summed E-state index contributed by atoms with van der Waals surface area (Å²) in [6, 6.07) is 3.12. The van der Waals surface area contributed by atoms with Crippen LogP contribution in [-0.4, -0.2) is 22.6 Å². The molecule has 1 heterocycles. The van der Waals surface area contributed by atoms with Crippen molar-refractivity contribution in [3.05, 3.63) is 23.4 Å². The van der Waals surface area contributed by atoms with Gasteiger partial charge in [0.2, 0.25) is 0 Å². The van der Waals surface area contributed by atoms with E-state index in [2.05, 4.69) is 17.2 Å². The quantitative estimate of drug-likeness (QED) is 0.729. The molecule has 0 aliphatic carbocycles. The van der Waals surface area contributed by atoms with Crippen molar-refractivity contribution < 1.29 is 9.90 Å². The first-order valence-electron chi connectivity index (χ1n) is 5.09. The van der Waals surface area contributed by atoms with Crippen LogP contribution in [-0.2, 0) is 0 Å². The van der Waals surface area contributed by atoms with Gasteiger partial charge in [-0.3, -0.25) is 0 Å². The second-order valence-corrected chi connectivity index (χ2v) is 3.47. The van der Waals surface area contributed by atoms with Gasteiger partial charge in [0.05, 0.1) is 5.56 Å². The number of rotatable bonds is 5. The van der Waals surface area contributed by atoms with Gasteiger partial charge >= 0.3 is 5.97 Å². The Labute approximate surface area is 89.3 Å². The van der Waals surface area contributed by atoms with Crippen molar-refractivity contribution in [3.63, 3.8) is 0 Å². The summed E-state index contributed by atoms with van der Waals surface area (Å²) in [6.45, 7) is 4.72. The van der Waals surface area contributed by atoms with Gasteiger partial charge < -0.3 is 10.4 Å². The third kappa shape index (κ3) is 3.58. The maximum absolute atomic E-state index is 10.8. The number of aromatic carboxylic acids is 1. The molecule has 0 bridgehead atoms. The third-order valence-corrected chi connectivity index (χ3v) is 2.04. The van der Waals surface area contributed by atoms with Gasteiger partial charge in [-0.2, -0.15) is 0 Å². The molecular formula is C11H16N2O2. The van der Waals surface area contributed by atoms with Crippen LogP contribution in [0.2, 0.25) is 0 Å². The molecule has 0 unspecified atom stereocenters. The van der Waals surface area contributed by atoms with E-state index in [0.717, 1.165) is 19.4 Å². The van der Waals surface area contributed by atoms with Crippen LogP contribution in [0.1, 0.15) is 35.8 Å². The fourth-order valence-corrected chi connectivity index (χ4v) is 1.28. The number of aromatic nitrogens is 1. The van der Waals surface area contributed by atoms with Gasteiger partial charge in [-0.1, -0.05) is 13.3 Å². The fraction of sp³-hybridized carbons (Fsp3) is 0.455. The lowest BCUT2D eigenvalue weighted by Crippen LogP contribution is -2.06. The maximum atomic E-state index is 10.8. The molecule has 1 aromatic heterocycles. The van der Waals surface area contributed by atoms with Gasteiger partial charge in [0, 0.05) is 12.2 Å². The fourth-order valence-electron chi connectivity index (χ4n) is 1.28. The predicted molar refractivity (Wildman–Crippen MR) is 59.3 cm³/mol. The van der Waals surface area contributed by atoms with Crippen molar-refractivity contribution in [2.75, 3.05) is 11.9 Å². The molecule has 2 N–H and O–H groups in total. The average molecular weight is 208 g/mol. The van der Waals surface area contributed by atoms with Gasteiger partial charge in [-0.05, 0) is 25.5 Å². The molecule has 0 saturated heterocycles. The van der Waals surface area contributed by atoms with Crippen molar-refractivity contribution in [2.24, 2.45) is 0 Å². The number of carboxylic acid groups (broad SMARTS) is 1. The average Bonchev–Trinajstić information content (AvgIpc) is 2.17. The topological polar surface area (TPSA) is 62.2 Å². The summed E-state index contributed by atoms with van der Waals surface area (Å²) in [6.07, 6.45) is 2.16. The normalized spacial score (nSPS) is 10.0. The van der Waals surface area contributed by atoms with E-state index < -0.39 is 5.97 Å². The van der Waals surface area contributed by atoms with Crippen molar-refractivity contribution >= 4 is 11.8 Å². The summed E-state index contributed by atoms with van der Waals surface area (Å²) >= 11 is 0.